The van der Waals surface area contributed by atoms with Crippen LogP contribution in [-0.4, -0.2) is 6.04 Å². The predicted octanol–water partition coefficient (Wildman–Crippen LogP) is 5.21. The van der Waals surface area contributed by atoms with E-state index < -0.39 is 0 Å². The van der Waals surface area contributed by atoms with Gasteiger partial charge in [0.2, 0.25) is 0 Å². The Morgan fingerprint density at radius 3 is 2.23 bits per heavy atom. The Bertz CT molecular complexity index is 622. The minimum absolute atomic E-state index is 0.266. The molecule has 0 spiro atoms. The summed E-state index contributed by atoms with van der Waals surface area (Å²) in [6, 6.07) is 20.0. The molecule has 4 atom stereocenters. The highest BCUT2D eigenvalue weighted by atomic mass is 35.5. The number of nitrogens with one attached hydrogen (secondary N) is 1. The van der Waals surface area contributed by atoms with Crippen LogP contribution in [0, 0.1) is 11.8 Å². The Morgan fingerprint density at radius 2 is 1.59 bits per heavy atom. The summed E-state index contributed by atoms with van der Waals surface area (Å²) in [7, 11) is 0. The molecule has 1 N–H and O–H groups in total. The molecule has 0 unspecified atom stereocenters. The van der Waals surface area contributed by atoms with Gasteiger partial charge < -0.3 is 5.32 Å². The summed E-state index contributed by atoms with van der Waals surface area (Å²) in [5, 5.41) is 4.76. The third-order valence-corrected chi connectivity index (χ3v) is 5.71. The van der Waals surface area contributed by atoms with E-state index in [1.807, 2.05) is 12.1 Å². The van der Waals surface area contributed by atoms with Gasteiger partial charge in [0.1, 0.15) is 0 Å². The molecular formula is C20H22ClN. The lowest BCUT2D eigenvalue weighted by atomic mass is 9.92. The molecule has 2 aliphatic rings. The van der Waals surface area contributed by atoms with Gasteiger partial charge in [-0.1, -0.05) is 60.5 Å². The maximum absolute atomic E-state index is 6.06. The fourth-order valence-corrected chi connectivity index (χ4v) is 4.47. The van der Waals surface area contributed by atoms with E-state index in [2.05, 4.69) is 47.8 Å². The van der Waals surface area contributed by atoms with Gasteiger partial charge in [0, 0.05) is 11.1 Å². The molecule has 0 radical (unpaired) electrons. The van der Waals surface area contributed by atoms with Gasteiger partial charge in [0.05, 0.1) is 6.04 Å². The van der Waals surface area contributed by atoms with Crippen molar-refractivity contribution >= 4 is 11.6 Å². The van der Waals surface area contributed by atoms with Crippen molar-refractivity contribution < 1.29 is 0 Å². The summed E-state index contributed by atoms with van der Waals surface area (Å²) < 4.78 is 0. The van der Waals surface area contributed by atoms with Crippen molar-refractivity contribution in [3.05, 3.63) is 70.7 Å². The summed E-state index contributed by atoms with van der Waals surface area (Å²) in [5.41, 5.74) is 2.64. The second kappa shape index (κ2) is 6.06. The Kier molecular flexibility index (Phi) is 3.94. The molecule has 2 fully saturated rings. The van der Waals surface area contributed by atoms with Gasteiger partial charge in [-0.3, -0.25) is 0 Å². The molecule has 114 valence electrons. The summed E-state index contributed by atoms with van der Waals surface area (Å²) in [5.74, 6) is 1.84. The molecular weight excluding hydrogens is 290 g/mol. The Balaban J connectivity index is 1.62. The van der Waals surface area contributed by atoms with Crippen LogP contribution in [0.25, 0.3) is 0 Å². The molecule has 2 heteroatoms. The quantitative estimate of drug-likeness (QED) is 0.817. The zero-order valence-corrected chi connectivity index (χ0v) is 13.5. The van der Waals surface area contributed by atoms with Crippen LogP contribution in [-0.2, 0) is 0 Å². The zero-order chi connectivity index (χ0) is 14.9. The second-order valence-electron chi connectivity index (χ2n) is 6.84. The standard InChI is InChI=1S/C20H22ClN/c21-18-10-8-16(9-11-18)20(15-4-2-1-3-5-15)22-19-13-14-6-7-17(19)12-14/h1-5,8-11,14,17,19-20,22H,6-7,12-13H2/t14-,17-,19+,20+/m0/s1. The summed E-state index contributed by atoms with van der Waals surface area (Å²) in [6.07, 6.45) is 5.63. The highest BCUT2D eigenvalue weighted by Gasteiger charge is 2.40. The molecule has 0 aromatic heterocycles. The number of hydrogen-bond donors (Lipinski definition) is 1. The summed E-state index contributed by atoms with van der Waals surface area (Å²) >= 11 is 6.06. The summed E-state index contributed by atoms with van der Waals surface area (Å²) in [4.78, 5) is 0. The fourth-order valence-electron chi connectivity index (χ4n) is 4.35. The largest absolute Gasteiger partial charge is 0.303 e. The second-order valence-corrected chi connectivity index (χ2v) is 7.28. The number of hydrogen-bond acceptors (Lipinski definition) is 1. The van der Waals surface area contributed by atoms with Gasteiger partial charge in [-0.15, -0.1) is 0 Å². The Morgan fingerprint density at radius 1 is 0.864 bits per heavy atom. The van der Waals surface area contributed by atoms with E-state index in [4.69, 9.17) is 11.6 Å². The summed E-state index contributed by atoms with van der Waals surface area (Å²) in [6.45, 7) is 0. The molecule has 0 heterocycles. The van der Waals surface area contributed by atoms with Gasteiger partial charge in [0.15, 0.2) is 0 Å². The van der Waals surface area contributed by atoms with Crippen LogP contribution >= 0.6 is 11.6 Å². The first-order valence-electron chi connectivity index (χ1n) is 8.36. The minimum Gasteiger partial charge on any atom is -0.303 e. The van der Waals surface area contributed by atoms with Gasteiger partial charge in [-0.05, 0) is 54.4 Å². The van der Waals surface area contributed by atoms with Crippen molar-refractivity contribution in [3.8, 4) is 0 Å². The lowest BCUT2D eigenvalue weighted by Gasteiger charge is -2.29. The highest BCUT2D eigenvalue weighted by molar-refractivity contribution is 6.30. The smallest absolute Gasteiger partial charge is 0.0578 e. The van der Waals surface area contributed by atoms with Crippen molar-refractivity contribution in [2.75, 3.05) is 0 Å². The molecule has 22 heavy (non-hydrogen) atoms. The van der Waals surface area contributed by atoms with Gasteiger partial charge in [-0.25, -0.2) is 0 Å². The lowest BCUT2D eigenvalue weighted by molar-refractivity contribution is 0.334. The molecule has 0 aliphatic heterocycles. The van der Waals surface area contributed by atoms with Crippen LogP contribution in [0.15, 0.2) is 54.6 Å². The fraction of sp³-hybridized carbons (Fsp3) is 0.400. The van der Waals surface area contributed by atoms with Gasteiger partial charge in [0.25, 0.3) is 0 Å². The monoisotopic (exact) mass is 311 g/mol. The third kappa shape index (κ3) is 2.80. The molecule has 0 saturated heterocycles. The molecule has 1 nitrogen and oxygen atoms in total. The Labute approximate surface area is 137 Å². The number of benzene rings is 2. The molecule has 2 aromatic rings. The molecule has 0 amide bonds. The van der Waals surface area contributed by atoms with E-state index in [1.165, 1.54) is 36.8 Å². The van der Waals surface area contributed by atoms with Crippen molar-refractivity contribution in [1.82, 2.24) is 5.32 Å². The average Bonchev–Trinajstić information content (AvgIpc) is 3.17. The minimum atomic E-state index is 0.266. The van der Waals surface area contributed by atoms with E-state index in [9.17, 15) is 0 Å². The highest BCUT2D eigenvalue weighted by Crippen LogP contribution is 2.45. The lowest BCUT2D eigenvalue weighted by Crippen LogP contribution is -2.37. The van der Waals surface area contributed by atoms with Gasteiger partial charge >= 0.3 is 0 Å². The normalized spacial score (nSPS) is 28.0. The van der Waals surface area contributed by atoms with E-state index in [0.29, 0.717) is 6.04 Å². The third-order valence-electron chi connectivity index (χ3n) is 5.46. The maximum Gasteiger partial charge on any atom is 0.0578 e. The van der Waals surface area contributed by atoms with Crippen molar-refractivity contribution in [2.24, 2.45) is 11.8 Å². The van der Waals surface area contributed by atoms with E-state index in [-0.39, 0.29) is 6.04 Å². The first-order valence-corrected chi connectivity index (χ1v) is 8.74. The molecule has 2 aromatic carbocycles. The van der Waals surface area contributed by atoms with Crippen LogP contribution in [0.4, 0.5) is 0 Å². The maximum atomic E-state index is 6.06. The van der Waals surface area contributed by atoms with Crippen LogP contribution in [0.3, 0.4) is 0 Å². The van der Waals surface area contributed by atoms with E-state index in [0.717, 1.165) is 16.9 Å². The van der Waals surface area contributed by atoms with Gasteiger partial charge in [-0.2, -0.15) is 0 Å². The van der Waals surface area contributed by atoms with E-state index >= 15 is 0 Å². The number of halogens is 1. The van der Waals surface area contributed by atoms with Crippen molar-refractivity contribution in [3.63, 3.8) is 0 Å². The predicted molar refractivity (Wildman–Crippen MR) is 92.1 cm³/mol. The topological polar surface area (TPSA) is 12.0 Å². The van der Waals surface area contributed by atoms with Crippen LogP contribution < -0.4 is 5.32 Å². The van der Waals surface area contributed by atoms with E-state index in [1.54, 1.807) is 0 Å². The SMILES string of the molecule is Clc1ccc([C@H](N[C@@H]2C[C@H]3CC[C@H]2C3)c2ccccc2)cc1. The first-order chi connectivity index (χ1) is 10.8. The molecule has 4 rings (SSSR count). The number of fused-ring (bicyclic) bond motifs is 2. The number of rotatable bonds is 4. The average molecular weight is 312 g/mol. The molecule has 2 aliphatic carbocycles. The zero-order valence-electron chi connectivity index (χ0n) is 12.7. The Hall–Kier alpha value is -1.31. The molecule has 2 bridgehead atoms. The van der Waals surface area contributed by atoms with Crippen molar-refractivity contribution in [2.45, 2.75) is 37.8 Å². The van der Waals surface area contributed by atoms with Crippen LogP contribution in [0.5, 0.6) is 0 Å². The molecule has 2 saturated carbocycles. The van der Waals surface area contributed by atoms with Crippen molar-refractivity contribution in [1.29, 1.82) is 0 Å². The van der Waals surface area contributed by atoms with Crippen LogP contribution in [0.2, 0.25) is 5.02 Å². The first kappa shape index (κ1) is 14.3. The van der Waals surface area contributed by atoms with Crippen LogP contribution in [0.1, 0.15) is 42.9 Å².